The van der Waals surface area contributed by atoms with Gasteiger partial charge in [0.1, 0.15) is 0 Å². The molecular weight excluding hydrogens is 237 g/mol. The highest BCUT2D eigenvalue weighted by Gasteiger charge is 2.63. The van der Waals surface area contributed by atoms with E-state index < -0.39 is 46.4 Å². The Bertz CT molecular complexity index is 405. The molecule has 16 heavy (non-hydrogen) atoms. The van der Waals surface area contributed by atoms with Crippen molar-refractivity contribution < 1.29 is 26.9 Å². The van der Waals surface area contributed by atoms with Crippen molar-refractivity contribution in [3.63, 3.8) is 0 Å². The summed E-state index contributed by atoms with van der Waals surface area (Å²) in [6.45, 7) is 1.13. The third-order valence-electron chi connectivity index (χ3n) is 2.23. The molecular formula is C8H6F5NO2. The lowest BCUT2D eigenvalue weighted by molar-refractivity contribution is -0.605. The molecule has 0 aromatic heterocycles. The molecule has 3 nitrogen and oxygen atoms in total. The topological polar surface area (TPSA) is 43.1 Å². The number of hydrogen-bond donors (Lipinski definition) is 0. The molecule has 0 saturated heterocycles. The van der Waals surface area contributed by atoms with Crippen molar-refractivity contribution in [1.82, 2.24) is 0 Å². The van der Waals surface area contributed by atoms with Crippen LogP contribution < -0.4 is 0 Å². The molecule has 0 radical (unpaired) electrons. The van der Waals surface area contributed by atoms with E-state index in [-0.39, 0.29) is 0 Å². The van der Waals surface area contributed by atoms with Crippen LogP contribution in [0.15, 0.2) is 23.1 Å². The largest absolute Gasteiger partial charge is 0.447 e. The predicted molar refractivity (Wildman–Crippen MR) is 43.4 cm³/mol. The van der Waals surface area contributed by atoms with Crippen molar-refractivity contribution >= 4 is 0 Å². The van der Waals surface area contributed by atoms with E-state index in [1.165, 1.54) is 0 Å². The van der Waals surface area contributed by atoms with E-state index in [1.807, 2.05) is 0 Å². The van der Waals surface area contributed by atoms with E-state index in [4.69, 9.17) is 0 Å². The zero-order valence-corrected chi connectivity index (χ0v) is 7.94. The maximum atomic E-state index is 13.4. The van der Waals surface area contributed by atoms with Crippen LogP contribution >= 0.6 is 0 Å². The van der Waals surface area contributed by atoms with Crippen LogP contribution in [0.3, 0.4) is 0 Å². The lowest BCUT2D eigenvalue weighted by Gasteiger charge is -2.24. The van der Waals surface area contributed by atoms with Gasteiger partial charge in [0, 0.05) is 5.57 Å². The third-order valence-corrected chi connectivity index (χ3v) is 2.23. The molecule has 0 aromatic rings. The standard InChI is InChI=1S/C8H6F5NO2/c1-2-3-4(9)5(10)7(12)8(13,6(3)11)14(15)16/h7H,2H2,1H3. The minimum Gasteiger partial charge on any atom is -0.261 e. The van der Waals surface area contributed by atoms with Gasteiger partial charge in [-0.2, -0.15) is 8.78 Å². The highest BCUT2D eigenvalue weighted by Crippen LogP contribution is 2.44. The van der Waals surface area contributed by atoms with Crippen LogP contribution in [-0.2, 0) is 0 Å². The molecule has 1 rings (SSSR count). The Morgan fingerprint density at radius 2 is 1.94 bits per heavy atom. The van der Waals surface area contributed by atoms with E-state index in [9.17, 15) is 32.1 Å². The minimum atomic E-state index is -4.38. The summed E-state index contributed by atoms with van der Waals surface area (Å²) in [6, 6.07) is 0. The van der Waals surface area contributed by atoms with E-state index in [1.54, 1.807) is 0 Å². The van der Waals surface area contributed by atoms with E-state index in [0.29, 0.717) is 0 Å². The fraction of sp³-hybridized carbons (Fsp3) is 0.500. The van der Waals surface area contributed by atoms with Crippen LogP contribution in [0.5, 0.6) is 0 Å². The molecule has 2 unspecified atom stereocenters. The highest BCUT2D eigenvalue weighted by atomic mass is 19.2. The molecule has 0 amide bonds. The van der Waals surface area contributed by atoms with Crippen LogP contribution in [0.2, 0.25) is 0 Å². The minimum absolute atomic E-state index is 0.530. The maximum Gasteiger partial charge on any atom is 0.447 e. The summed E-state index contributed by atoms with van der Waals surface area (Å²) in [4.78, 5) is 8.27. The Kier molecular flexibility index (Phi) is 3.02. The molecule has 0 aromatic carbocycles. The monoisotopic (exact) mass is 243 g/mol. The summed E-state index contributed by atoms with van der Waals surface area (Å²) in [6.07, 6.45) is -4.14. The quantitative estimate of drug-likeness (QED) is 0.324. The summed E-state index contributed by atoms with van der Waals surface area (Å²) in [5.41, 5.74) is -1.16. The summed E-state index contributed by atoms with van der Waals surface area (Å²) in [5, 5.41) is 10.2. The fourth-order valence-electron chi connectivity index (χ4n) is 1.33. The molecule has 1 aliphatic rings. The van der Waals surface area contributed by atoms with E-state index in [0.717, 1.165) is 6.92 Å². The summed E-state index contributed by atoms with van der Waals surface area (Å²) in [7, 11) is 0. The molecule has 0 aliphatic heterocycles. The molecule has 0 bridgehead atoms. The Morgan fingerprint density at radius 3 is 2.31 bits per heavy atom. The molecule has 8 heteroatoms. The van der Waals surface area contributed by atoms with Crippen molar-refractivity contribution in [1.29, 1.82) is 0 Å². The van der Waals surface area contributed by atoms with Crippen LogP contribution in [0.1, 0.15) is 13.3 Å². The van der Waals surface area contributed by atoms with Gasteiger partial charge in [0.2, 0.25) is 5.83 Å². The Hall–Kier alpha value is -1.47. The van der Waals surface area contributed by atoms with Gasteiger partial charge in [-0.15, -0.1) is 0 Å². The van der Waals surface area contributed by atoms with Gasteiger partial charge in [-0.3, -0.25) is 10.1 Å². The average molecular weight is 243 g/mol. The second-order valence-electron chi connectivity index (χ2n) is 3.10. The average Bonchev–Trinajstić information content (AvgIpc) is 2.24. The van der Waals surface area contributed by atoms with Crippen molar-refractivity contribution in [3.05, 3.63) is 33.2 Å². The van der Waals surface area contributed by atoms with E-state index in [2.05, 4.69) is 0 Å². The molecule has 2 atom stereocenters. The van der Waals surface area contributed by atoms with Gasteiger partial charge < -0.3 is 0 Å². The number of allylic oxidation sites excluding steroid dienone is 2. The Labute approximate surface area is 86.4 Å². The lowest BCUT2D eigenvalue weighted by atomic mass is 9.94. The molecule has 0 N–H and O–H groups in total. The number of alkyl halides is 2. The van der Waals surface area contributed by atoms with Crippen molar-refractivity contribution in [2.75, 3.05) is 0 Å². The van der Waals surface area contributed by atoms with Gasteiger partial charge >= 0.3 is 5.79 Å². The van der Waals surface area contributed by atoms with Crippen LogP contribution in [-0.4, -0.2) is 16.9 Å². The Balaban J connectivity index is 3.49. The summed E-state index contributed by atoms with van der Waals surface area (Å²) < 4.78 is 65.3. The lowest BCUT2D eigenvalue weighted by Crippen LogP contribution is -2.46. The van der Waals surface area contributed by atoms with Gasteiger partial charge in [0.15, 0.2) is 11.7 Å². The third kappa shape index (κ3) is 1.40. The first kappa shape index (κ1) is 12.6. The van der Waals surface area contributed by atoms with Crippen LogP contribution in [0.25, 0.3) is 0 Å². The second-order valence-corrected chi connectivity index (χ2v) is 3.10. The molecule has 0 spiro atoms. The number of nitro groups is 1. The smallest absolute Gasteiger partial charge is 0.261 e. The number of halogens is 5. The normalized spacial score (nSPS) is 31.0. The molecule has 0 heterocycles. The molecule has 0 fully saturated rings. The zero-order valence-electron chi connectivity index (χ0n) is 7.94. The van der Waals surface area contributed by atoms with Gasteiger partial charge in [0.05, 0.1) is 4.92 Å². The number of rotatable bonds is 2. The number of nitrogens with zero attached hydrogens (tertiary/aromatic N) is 1. The highest BCUT2D eigenvalue weighted by molar-refractivity contribution is 5.40. The molecule has 1 aliphatic carbocycles. The van der Waals surface area contributed by atoms with Gasteiger partial charge in [-0.1, -0.05) is 6.92 Å². The van der Waals surface area contributed by atoms with Crippen molar-refractivity contribution in [2.24, 2.45) is 0 Å². The first-order chi connectivity index (χ1) is 7.28. The van der Waals surface area contributed by atoms with Crippen molar-refractivity contribution in [2.45, 2.75) is 25.3 Å². The number of hydrogen-bond acceptors (Lipinski definition) is 2. The SMILES string of the molecule is CCC1=C(F)C(F)([N+](=O)[O-])C(F)C(F)=C1F. The van der Waals surface area contributed by atoms with Gasteiger partial charge in [-0.25, -0.2) is 13.2 Å². The molecule has 90 valence electrons. The summed E-state index contributed by atoms with van der Waals surface area (Å²) >= 11 is 0. The zero-order chi connectivity index (χ0) is 12.7. The first-order valence-electron chi connectivity index (χ1n) is 4.20. The Morgan fingerprint density at radius 1 is 1.44 bits per heavy atom. The van der Waals surface area contributed by atoms with Gasteiger partial charge in [0.25, 0.3) is 6.17 Å². The van der Waals surface area contributed by atoms with Crippen LogP contribution in [0, 0.1) is 10.1 Å². The van der Waals surface area contributed by atoms with Crippen LogP contribution in [0.4, 0.5) is 22.0 Å². The second kappa shape index (κ2) is 3.84. The van der Waals surface area contributed by atoms with E-state index >= 15 is 0 Å². The fourth-order valence-corrected chi connectivity index (χ4v) is 1.33. The first-order valence-corrected chi connectivity index (χ1v) is 4.20. The predicted octanol–water partition coefficient (Wildman–Crippen LogP) is 3.06. The van der Waals surface area contributed by atoms with Gasteiger partial charge in [-0.05, 0) is 6.42 Å². The van der Waals surface area contributed by atoms with Crippen molar-refractivity contribution in [3.8, 4) is 0 Å². The maximum absolute atomic E-state index is 13.4. The molecule has 0 saturated carbocycles. The summed E-state index contributed by atoms with van der Waals surface area (Å²) in [5.74, 6) is -10.8.